The van der Waals surface area contributed by atoms with Gasteiger partial charge in [-0.05, 0) is 42.5 Å². The minimum Gasteiger partial charge on any atom is -0.481 e. The molecule has 0 saturated carbocycles. The van der Waals surface area contributed by atoms with Crippen molar-refractivity contribution in [2.75, 3.05) is 6.54 Å². The summed E-state index contributed by atoms with van der Waals surface area (Å²) in [5, 5.41) is 11.8. The highest BCUT2D eigenvalue weighted by Crippen LogP contribution is 2.04. The van der Waals surface area contributed by atoms with Gasteiger partial charge in [-0.3, -0.25) is 4.79 Å². The van der Waals surface area contributed by atoms with E-state index in [0.717, 1.165) is 32.4 Å². The summed E-state index contributed by atoms with van der Waals surface area (Å²) in [5.41, 5.74) is 3.94. The molecule has 3 aromatic carbocycles. The fourth-order valence-electron chi connectivity index (χ4n) is 2.79. The third-order valence-electron chi connectivity index (χ3n) is 4.30. The summed E-state index contributed by atoms with van der Waals surface area (Å²) >= 11 is 0. The van der Waals surface area contributed by atoms with E-state index in [-0.39, 0.29) is 6.42 Å². The van der Waals surface area contributed by atoms with Crippen LogP contribution in [0.25, 0.3) is 0 Å². The van der Waals surface area contributed by atoms with Crippen molar-refractivity contribution in [3.8, 4) is 0 Å². The van der Waals surface area contributed by atoms with Crippen molar-refractivity contribution in [2.45, 2.75) is 32.2 Å². The van der Waals surface area contributed by atoms with E-state index in [4.69, 9.17) is 5.11 Å². The van der Waals surface area contributed by atoms with Gasteiger partial charge in [-0.1, -0.05) is 91.0 Å². The van der Waals surface area contributed by atoms with Crippen molar-refractivity contribution in [2.24, 2.45) is 0 Å². The lowest BCUT2D eigenvalue weighted by Gasteiger charge is -2.04. The minimum atomic E-state index is -0.717. The molecule has 0 radical (unpaired) electrons. The van der Waals surface area contributed by atoms with Crippen LogP contribution in [0.1, 0.15) is 29.5 Å². The molecule has 0 aliphatic heterocycles. The first-order valence-electron chi connectivity index (χ1n) is 9.78. The second kappa shape index (κ2) is 13.3. The summed E-state index contributed by atoms with van der Waals surface area (Å²) in [5.74, 6) is -0.717. The monoisotopic (exact) mass is 375 g/mol. The first-order valence-corrected chi connectivity index (χ1v) is 9.78. The minimum absolute atomic E-state index is 0.259. The van der Waals surface area contributed by atoms with E-state index in [1.807, 2.05) is 36.4 Å². The Kier molecular flexibility index (Phi) is 10.2. The largest absolute Gasteiger partial charge is 0.481 e. The Bertz CT molecular complexity index is 732. The number of carboxylic acids is 1. The van der Waals surface area contributed by atoms with Gasteiger partial charge in [0.25, 0.3) is 0 Å². The van der Waals surface area contributed by atoms with Gasteiger partial charge in [0.05, 0.1) is 0 Å². The Morgan fingerprint density at radius 2 is 1.14 bits per heavy atom. The normalized spacial score (nSPS) is 10.0. The summed E-state index contributed by atoms with van der Waals surface area (Å²) in [6.45, 7) is 1.98. The summed E-state index contributed by atoms with van der Waals surface area (Å²) in [7, 11) is 0. The molecule has 0 saturated heterocycles. The van der Waals surface area contributed by atoms with Crippen LogP contribution in [0.15, 0.2) is 91.0 Å². The van der Waals surface area contributed by atoms with E-state index < -0.39 is 5.97 Å². The van der Waals surface area contributed by atoms with Crippen LogP contribution in [0.5, 0.6) is 0 Å². The van der Waals surface area contributed by atoms with E-state index in [1.165, 1.54) is 16.7 Å². The smallest absolute Gasteiger partial charge is 0.303 e. The Balaban J connectivity index is 0.000000209. The number of nitrogens with one attached hydrogen (secondary N) is 1. The van der Waals surface area contributed by atoms with Crippen LogP contribution in [0.4, 0.5) is 0 Å². The van der Waals surface area contributed by atoms with Crippen molar-refractivity contribution in [3.05, 3.63) is 108 Å². The lowest BCUT2D eigenvalue weighted by atomic mass is 10.1. The average Bonchev–Trinajstić information content (AvgIpc) is 2.74. The molecule has 0 atom stereocenters. The van der Waals surface area contributed by atoms with Crippen molar-refractivity contribution in [3.63, 3.8) is 0 Å². The summed E-state index contributed by atoms with van der Waals surface area (Å²) in [6, 6.07) is 31.0. The quantitative estimate of drug-likeness (QED) is 0.511. The molecule has 0 aromatic heterocycles. The molecule has 2 N–H and O–H groups in total. The van der Waals surface area contributed by atoms with Crippen LogP contribution in [-0.4, -0.2) is 17.6 Å². The van der Waals surface area contributed by atoms with Crippen molar-refractivity contribution >= 4 is 5.97 Å². The fraction of sp³-hybridized carbons (Fsp3) is 0.240. The molecule has 3 aromatic rings. The third kappa shape index (κ3) is 9.70. The van der Waals surface area contributed by atoms with Crippen molar-refractivity contribution in [1.29, 1.82) is 0 Å². The molecule has 0 aliphatic rings. The molecule has 0 spiro atoms. The first kappa shape index (κ1) is 21.4. The average molecular weight is 376 g/mol. The molecule has 0 aliphatic carbocycles. The zero-order valence-corrected chi connectivity index (χ0v) is 16.3. The zero-order chi connectivity index (χ0) is 19.9. The lowest BCUT2D eigenvalue weighted by Crippen LogP contribution is -2.16. The molecule has 3 heteroatoms. The molecule has 146 valence electrons. The number of benzene rings is 3. The van der Waals surface area contributed by atoms with Gasteiger partial charge < -0.3 is 10.4 Å². The number of rotatable bonds is 9. The second-order valence-electron chi connectivity index (χ2n) is 6.63. The number of carboxylic acid groups (broad SMARTS) is 1. The van der Waals surface area contributed by atoms with Crippen molar-refractivity contribution in [1.82, 2.24) is 5.32 Å². The van der Waals surface area contributed by atoms with E-state index >= 15 is 0 Å². The Morgan fingerprint density at radius 1 is 0.679 bits per heavy atom. The highest BCUT2D eigenvalue weighted by atomic mass is 16.4. The van der Waals surface area contributed by atoms with Gasteiger partial charge >= 0.3 is 5.97 Å². The lowest BCUT2D eigenvalue weighted by molar-refractivity contribution is -0.137. The zero-order valence-electron chi connectivity index (χ0n) is 16.3. The maximum Gasteiger partial charge on any atom is 0.303 e. The van der Waals surface area contributed by atoms with Crippen LogP contribution in [0.3, 0.4) is 0 Å². The maximum absolute atomic E-state index is 10.2. The van der Waals surface area contributed by atoms with E-state index in [2.05, 4.69) is 59.9 Å². The molecule has 0 fully saturated rings. The predicted molar refractivity (Wildman–Crippen MR) is 115 cm³/mol. The standard InChI is InChI=1S/C15H17N.C10H12O2/c1-3-7-14(8-4-1)11-12-16-13-15-9-5-2-6-10-15;11-10(12)8-4-7-9-5-2-1-3-6-9/h1-10,16H,11-13H2;1-3,5-6H,4,7-8H2,(H,11,12). The van der Waals surface area contributed by atoms with Gasteiger partial charge in [-0.25, -0.2) is 0 Å². The topological polar surface area (TPSA) is 49.3 Å². The van der Waals surface area contributed by atoms with Gasteiger partial charge in [0.1, 0.15) is 0 Å². The highest BCUT2D eigenvalue weighted by Gasteiger charge is 1.96. The summed E-state index contributed by atoms with van der Waals surface area (Å²) in [4.78, 5) is 10.2. The molecule has 0 bridgehead atoms. The van der Waals surface area contributed by atoms with Gasteiger partial charge in [-0.2, -0.15) is 0 Å². The molecular formula is C25H29NO2. The van der Waals surface area contributed by atoms with Crippen LogP contribution < -0.4 is 5.32 Å². The Hall–Kier alpha value is -2.91. The highest BCUT2D eigenvalue weighted by molar-refractivity contribution is 5.66. The molecule has 3 rings (SSSR count). The molecule has 0 amide bonds. The Morgan fingerprint density at radius 3 is 1.64 bits per heavy atom. The number of carbonyl (C=O) groups is 1. The van der Waals surface area contributed by atoms with Gasteiger partial charge in [0.2, 0.25) is 0 Å². The van der Waals surface area contributed by atoms with Crippen LogP contribution in [-0.2, 0) is 24.2 Å². The molecule has 3 nitrogen and oxygen atoms in total. The van der Waals surface area contributed by atoms with Crippen LogP contribution >= 0.6 is 0 Å². The maximum atomic E-state index is 10.2. The molecular weight excluding hydrogens is 346 g/mol. The Labute approximate surface area is 168 Å². The number of hydrogen-bond acceptors (Lipinski definition) is 2. The molecule has 0 unspecified atom stereocenters. The SMILES string of the molecule is O=C(O)CCCc1ccccc1.c1ccc(CCNCc2ccccc2)cc1. The van der Waals surface area contributed by atoms with Gasteiger partial charge in [0, 0.05) is 13.0 Å². The first-order chi connectivity index (χ1) is 13.7. The summed E-state index contributed by atoms with van der Waals surface area (Å²) in [6.07, 6.45) is 2.93. The van der Waals surface area contributed by atoms with Crippen LogP contribution in [0, 0.1) is 0 Å². The molecule has 28 heavy (non-hydrogen) atoms. The number of aryl methyl sites for hydroxylation is 1. The fourth-order valence-corrected chi connectivity index (χ4v) is 2.79. The van der Waals surface area contributed by atoms with E-state index in [9.17, 15) is 4.79 Å². The van der Waals surface area contributed by atoms with Crippen LogP contribution in [0.2, 0.25) is 0 Å². The van der Waals surface area contributed by atoms with Gasteiger partial charge in [0.15, 0.2) is 0 Å². The summed E-state index contributed by atoms with van der Waals surface area (Å²) < 4.78 is 0. The van der Waals surface area contributed by atoms with E-state index in [1.54, 1.807) is 0 Å². The number of aliphatic carboxylic acids is 1. The third-order valence-corrected chi connectivity index (χ3v) is 4.30. The van der Waals surface area contributed by atoms with Gasteiger partial charge in [-0.15, -0.1) is 0 Å². The molecule has 0 heterocycles. The second-order valence-corrected chi connectivity index (χ2v) is 6.63. The van der Waals surface area contributed by atoms with Crippen molar-refractivity contribution < 1.29 is 9.90 Å². The van der Waals surface area contributed by atoms with E-state index in [0.29, 0.717) is 0 Å². The number of hydrogen-bond donors (Lipinski definition) is 2. The predicted octanol–water partition coefficient (Wildman–Crippen LogP) is 5.11.